The molecule has 1 unspecified atom stereocenters. The third-order valence-corrected chi connectivity index (χ3v) is 7.55. The van der Waals surface area contributed by atoms with Crippen molar-refractivity contribution in [1.82, 2.24) is 20.0 Å². The van der Waals surface area contributed by atoms with Gasteiger partial charge >= 0.3 is 0 Å². The molecule has 9 heteroatoms. The van der Waals surface area contributed by atoms with E-state index in [9.17, 15) is 9.18 Å². The van der Waals surface area contributed by atoms with Crippen molar-refractivity contribution < 1.29 is 18.7 Å². The smallest absolute Gasteiger partial charge is 0.257 e. The van der Waals surface area contributed by atoms with Crippen LogP contribution in [0.25, 0.3) is 0 Å². The number of aryl methyl sites for hydroxylation is 3. The third-order valence-electron chi connectivity index (χ3n) is 7.55. The van der Waals surface area contributed by atoms with Crippen LogP contribution in [0.15, 0.2) is 42.6 Å². The molecule has 0 bridgehead atoms. The van der Waals surface area contributed by atoms with E-state index in [1.165, 1.54) is 0 Å². The second-order valence-electron chi connectivity index (χ2n) is 10.8. The predicted molar refractivity (Wildman–Crippen MR) is 149 cm³/mol. The van der Waals surface area contributed by atoms with Gasteiger partial charge in [-0.1, -0.05) is 12.1 Å². The highest BCUT2D eigenvalue weighted by Crippen LogP contribution is 2.39. The summed E-state index contributed by atoms with van der Waals surface area (Å²) in [5.41, 5.74) is 3.57. The van der Waals surface area contributed by atoms with Gasteiger partial charge in [0.25, 0.3) is 5.91 Å². The van der Waals surface area contributed by atoms with E-state index in [1.54, 1.807) is 43.0 Å². The van der Waals surface area contributed by atoms with Gasteiger partial charge in [0.15, 0.2) is 5.82 Å². The van der Waals surface area contributed by atoms with Crippen LogP contribution in [-0.4, -0.2) is 59.4 Å². The number of halogens is 1. The average Bonchev–Trinajstić information content (AvgIpc) is 3.57. The van der Waals surface area contributed by atoms with E-state index < -0.39 is 6.10 Å². The van der Waals surface area contributed by atoms with E-state index in [1.807, 2.05) is 25.1 Å². The molecule has 2 aromatic carbocycles. The lowest BCUT2D eigenvalue weighted by atomic mass is 9.97. The summed E-state index contributed by atoms with van der Waals surface area (Å²) in [5, 5.41) is 10.6. The zero-order valence-corrected chi connectivity index (χ0v) is 23.2. The van der Waals surface area contributed by atoms with E-state index >= 15 is 0 Å². The van der Waals surface area contributed by atoms with E-state index in [2.05, 4.69) is 27.6 Å². The van der Waals surface area contributed by atoms with E-state index in [0.717, 1.165) is 49.2 Å². The van der Waals surface area contributed by atoms with Gasteiger partial charge in [-0.3, -0.25) is 14.4 Å². The maximum absolute atomic E-state index is 14.7. The highest BCUT2D eigenvalue weighted by Gasteiger charge is 2.28. The summed E-state index contributed by atoms with van der Waals surface area (Å²) in [4.78, 5) is 15.6. The molecule has 2 fully saturated rings. The normalized spacial score (nSPS) is 20.6. The number of nitrogens with zero attached hydrogens (tertiary/aromatic N) is 3. The Kier molecular flexibility index (Phi) is 8.30. The molecule has 1 aromatic heterocycles. The Morgan fingerprint density at radius 2 is 2.10 bits per heavy atom. The van der Waals surface area contributed by atoms with Gasteiger partial charge in [0.05, 0.1) is 6.10 Å². The Balaban J connectivity index is 1.48. The number of benzene rings is 2. The third kappa shape index (κ3) is 6.49. The van der Waals surface area contributed by atoms with Crippen LogP contribution >= 0.6 is 0 Å². The molecule has 3 heterocycles. The molecule has 0 aliphatic carbocycles. The molecule has 2 aliphatic rings. The number of aromatic nitrogens is 2. The van der Waals surface area contributed by atoms with Crippen LogP contribution in [-0.2, 0) is 11.8 Å². The van der Waals surface area contributed by atoms with Crippen molar-refractivity contribution in [3.05, 3.63) is 76.2 Å². The first kappa shape index (κ1) is 27.3. The van der Waals surface area contributed by atoms with Gasteiger partial charge < -0.3 is 20.1 Å². The topological polar surface area (TPSA) is 80.7 Å². The highest BCUT2D eigenvalue weighted by atomic mass is 19.1. The largest absolute Gasteiger partial charge is 0.484 e. The van der Waals surface area contributed by atoms with Crippen molar-refractivity contribution in [3.8, 4) is 5.75 Å². The first-order valence-corrected chi connectivity index (χ1v) is 13.7. The number of rotatable bonds is 8. The van der Waals surface area contributed by atoms with Crippen LogP contribution in [0.4, 0.5) is 10.2 Å². The summed E-state index contributed by atoms with van der Waals surface area (Å²) in [6.45, 7) is 9.80. The Bertz CT molecular complexity index is 1320. The number of hydrogen-bond donors (Lipinski definition) is 2. The highest BCUT2D eigenvalue weighted by molar-refractivity contribution is 6.05. The first-order chi connectivity index (χ1) is 18.8. The molecule has 8 nitrogen and oxygen atoms in total. The molecule has 5 rings (SSSR count). The molecule has 1 amide bonds. The van der Waals surface area contributed by atoms with Gasteiger partial charge in [-0.05, 0) is 68.5 Å². The lowest BCUT2D eigenvalue weighted by Crippen LogP contribution is -2.50. The average molecular weight is 536 g/mol. The summed E-state index contributed by atoms with van der Waals surface area (Å²) < 4.78 is 29.1. The fourth-order valence-corrected chi connectivity index (χ4v) is 5.37. The Hall–Kier alpha value is -3.27. The van der Waals surface area contributed by atoms with Crippen LogP contribution in [0.2, 0.25) is 0 Å². The van der Waals surface area contributed by atoms with E-state index in [-0.39, 0.29) is 17.8 Å². The summed E-state index contributed by atoms with van der Waals surface area (Å²) in [6, 6.07) is 11.3. The van der Waals surface area contributed by atoms with Crippen LogP contribution < -0.4 is 15.4 Å². The van der Waals surface area contributed by atoms with Crippen molar-refractivity contribution in [3.63, 3.8) is 0 Å². The number of carbonyl (C=O) groups is 1. The minimum absolute atomic E-state index is 0.170. The van der Waals surface area contributed by atoms with Crippen molar-refractivity contribution in [2.75, 3.05) is 38.1 Å². The first-order valence-electron chi connectivity index (χ1n) is 13.7. The molecule has 0 radical (unpaired) electrons. The maximum Gasteiger partial charge on any atom is 0.257 e. The molecule has 0 spiro atoms. The number of ether oxygens (including phenoxy) is 2. The van der Waals surface area contributed by atoms with Crippen LogP contribution in [0, 0.1) is 19.7 Å². The second-order valence-corrected chi connectivity index (χ2v) is 10.8. The zero-order chi connectivity index (χ0) is 27.5. The molecule has 2 N–H and O–H groups in total. The molecule has 3 aromatic rings. The van der Waals surface area contributed by atoms with Gasteiger partial charge in [0, 0.05) is 69.3 Å². The minimum Gasteiger partial charge on any atom is -0.484 e. The number of hydrogen-bond acceptors (Lipinski definition) is 6. The van der Waals surface area contributed by atoms with Gasteiger partial charge in [0.1, 0.15) is 17.7 Å². The molecule has 2 aliphatic heterocycles. The summed E-state index contributed by atoms with van der Waals surface area (Å²) in [6.07, 6.45) is 3.01. The molecule has 2 saturated heterocycles. The predicted octanol–water partition coefficient (Wildman–Crippen LogP) is 4.69. The summed E-state index contributed by atoms with van der Waals surface area (Å²) >= 11 is 0. The number of anilines is 1. The SMILES string of the molecule is Cc1ccc([C@@H](CN2CCN[C@H](C)C2)Oc2cc(C)c(C(=O)Nc3ccn(C)n3)cc2C2CCCO2)cc1F. The van der Waals surface area contributed by atoms with Crippen molar-refractivity contribution in [2.24, 2.45) is 7.05 Å². The van der Waals surface area contributed by atoms with E-state index in [0.29, 0.717) is 41.9 Å². The van der Waals surface area contributed by atoms with Crippen LogP contribution in [0.1, 0.15) is 64.6 Å². The fourth-order valence-electron chi connectivity index (χ4n) is 5.37. The second kappa shape index (κ2) is 11.9. The maximum atomic E-state index is 14.7. The van der Waals surface area contributed by atoms with Crippen LogP contribution in [0.3, 0.4) is 0 Å². The molecular formula is C30H38FN5O3. The standard InChI is InChI=1S/C30H38FN5O3/c1-19-7-8-22(15-25(19)31)28(18-36-12-10-32-21(3)17-36)39-27-14-20(2)23(16-24(27)26-6-5-13-38-26)30(37)33-29-9-11-35(4)34-29/h7-9,11,14-16,21,26,28,32H,5-6,10,12-13,17-18H2,1-4H3,(H,33,34,37)/t21-,26?,28-/m1/s1. The van der Waals surface area contributed by atoms with Gasteiger partial charge in [-0.25, -0.2) is 4.39 Å². The molecule has 39 heavy (non-hydrogen) atoms. The number of amides is 1. The quantitative estimate of drug-likeness (QED) is 0.436. The monoisotopic (exact) mass is 535 g/mol. The lowest BCUT2D eigenvalue weighted by Gasteiger charge is -2.35. The minimum atomic E-state index is -0.391. The molecule has 0 saturated carbocycles. The fraction of sp³-hybridized carbons (Fsp3) is 0.467. The van der Waals surface area contributed by atoms with Crippen LogP contribution in [0.5, 0.6) is 5.75 Å². The Morgan fingerprint density at radius 3 is 2.79 bits per heavy atom. The lowest BCUT2D eigenvalue weighted by molar-refractivity contribution is 0.0934. The summed E-state index contributed by atoms with van der Waals surface area (Å²) in [5.74, 6) is 0.686. The van der Waals surface area contributed by atoms with Crippen molar-refractivity contribution in [1.29, 1.82) is 0 Å². The molecular weight excluding hydrogens is 497 g/mol. The molecule has 3 atom stereocenters. The number of nitrogens with one attached hydrogen (secondary N) is 2. The van der Waals surface area contributed by atoms with Crippen molar-refractivity contribution >= 4 is 11.7 Å². The van der Waals surface area contributed by atoms with Gasteiger partial charge in [0.2, 0.25) is 0 Å². The summed E-state index contributed by atoms with van der Waals surface area (Å²) in [7, 11) is 1.81. The molecule has 208 valence electrons. The number of carbonyl (C=O) groups excluding carboxylic acids is 1. The Morgan fingerprint density at radius 1 is 1.26 bits per heavy atom. The van der Waals surface area contributed by atoms with Gasteiger partial charge in [-0.2, -0.15) is 5.10 Å². The Labute approximate surface area is 229 Å². The van der Waals surface area contributed by atoms with Gasteiger partial charge in [-0.15, -0.1) is 0 Å². The number of piperazine rings is 1. The van der Waals surface area contributed by atoms with Crippen molar-refractivity contribution in [2.45, 2.75) is 51.9 Å². The van der Waals surface area contributed by atoms with E-state index in [4.69, 9.17) is 9.47 Å². The zero-order valence-electron chi connectivity index (χ0n) is 23.2.